The SMILES string of the molecule is CC1=CC(c2ccccc2I)NC=C1c1ccccc1. The molecule has 2 aromatic carbocycles. The summed E-state index contributed by atoms with van der Waals surface area (Å²) in [4.78, 5) is 0. The number of hydrogen-bond donors (Lipinski definition) is 1. The first-order chi connectivity index (χ1) is 9.75. The van der Waals surface area contributed by atoms with Crippen LogP contribution in [0.1, 0.15) is 24.1 Å². The molecule has 0 radical (unpaired) electrons. The van der Waals surface area contributed by atoms with Gasteiger partial charge in [0.05, 0.1) is 6.04 Å². The van der Waals surface area contributed by atoms with Crippen LogP contribution < -0.4 is 5.32 Å². The lowest BCUT2D eigenvalue weighted by Crippen LogP contribution is -2.19. The van der Waals surface area contributed by atoms with Gasteiger partial charge in [-0.15, -0.1) is 0 Å². The summed E-state index contributed by atoms with van der Waals surface area (Å²) in [7, 11) is 0. The van der Waals surface area contributed by atoms with Gasteiger partial charge in [-0.3, -0.25) is 0 Å². The molecular formula is C18H16IN. The number of rotatable bonds is 2. The standard InChI is InChI=1S/C18H16IN/c1-13-11-18(15-9-5-6-10-17(15)19)20-12-16(13)14-7-3-2-4-8-14/h2-12,18,20H,1H3. The molecule has 1 nitrogen and oxygen atoms in total. The first-order valence-electron chi connectivity index (χ1n) is 6.70. The van der Waals surface area contributed by atoms with Gasteiger partial charge in [-0.2, -0.15) is 0 Å². The van der Waals surface area contributed by atoms with Crippen LogP contribution in [-0.4, -0.2) is 0 Å². The molecule has 0 amide bonds. The van der Waals surface area contributed by atoms with E-state index in [1.54, 1.807) is 0 Å². The zero-order valence-electron chi connectivity index (χ0n) is 11.3. The normalized spacial score (nSPS) is 18.0. The van der Waals surface area contributed by atoms with Crippen molar-refractivity contribution < 1.29 is 0 Å². The Balaban J connectivity index is 1.90. The summed E-state index contributed by atoms with van der Waals surface area (Å²) in [5.74, 6) is 0. The third-order valence-electron chi connectivity index (χ3n) is 3.57. The van der Waals surface area contributed by atoms with Crippen LogP contribution in [0.3, 0.4) is 0 Å². The van der Waals surface area contributed by atoms with Gasteiger partial charge in [-0.05, 0) is 52.3 Å². The fraction of sp³-hybridized carbons (Fsp3) is 0.111. The molecule has 0 aromatic heterocycles. The summed E-state index contributed by atoms with van der Waals surface area (Å²) in [6.07, 6.45) is 4.44. The lowest BCUT2D eigenvalue weighted by Gasteiger charge is -2.23. The second kappa shape index (κ2) is 5.83. The van der Waals surface area contributed by atoms with E-state index in [0.717, 1.165) is 0 Å². The van der Waals surface area contributed by atoms with Gasteiger partial charge in [0.1, 0.15) is 0 Å². The number of nitrogens with one attached hydrogen (secondary N) is 1. The summed E-state index contributed by atoms with van der Waals surface area (Å²) in [6, 6.07) is 19.3. The van der Waals surface area contributed by atoms with Gasteiger partial charge in [-0.1, -0.05) is 54.6 Å². The Hall–Kier alpha value is -1.55. The Morgan fingerprint density at radius 1 is 0.950 bits per heavy atom. The maximum atomic E-state index is 3.51. The Morgan fingerprint density at radius 3 is 2.35 bits per heavy atom. The molecule has 1 aliphatic heterocycles. The molecule has 0 fully saturated rings. The molecule has 1 atom stereocenters. The van der Waals surface area contributed by atoms with Crippen molar-refractivity contribution in [2.45, 2.75) is 13.0 Å². The first kappa shape index (κ1) is 13.4. The molecular weight excluding hydrogens is 357 g/mol. The fourth-order valence-corrected chi connectivity index (χ4v) is 3.23. The second-order valence-electron chi connectivity index (χ2n) is 4.94. The van der Waals surface area contributed by atoms with Crippen LogP contribution in [0.4, 0.5) is 0 Å². The predicted octanol–water partition coefficient (Wildman–Crippen LogP) is 4.92. The number of allylic oxidation sites excluding steroid dienone is 2. The average molecular weight is 373 g/mol. The summed E-state index contributed by atoms with van der Waals surface area (Å²) in [6.45, 7) is 2.18. The summed E-state index contributed by atoms with van der Waals surface area (Å²) in [5, 5.41) is 3.51. The smallest absolute Gasteiger partial charge is 0.0708 e. The summed E-state index contributed by atoms with van der Waals surface area (Å²) >= 11 is 2.40. The molecule has 0 saturated carbocycles. The van der Waals surface area contributed by atoms with Crippen molar-refractivity contribution in [3.8, 4) is 0 Å². The zero-order valence-corrected chi connectivity index (χ0v) is 13.5. The Labute approximate surface area is 133 Å². The Morgan fingerprint density at radius 2 is 1.65 bits per heavy atom. The molecule has 1 N–H and O–H groups in total. The van der Waals surface area contributed by atoms with Crippen LogP contribution in [0.5, 0.6) is 0 Å². The number of hydrogen-bond acceptors (Lipinski definition) is 1. The molecule has 1 heterocycles. The van der Waals surface area contributed by atoms with Crippen LogP contribution in [0, 0.1) is 3.57 Å². The zero-order chi connectivity index (χ0) is 13.9. The van der Waals surface area contributed by atoms with Crippen molar-refractivity contribution in [2.24, 2.45) is 0 Å². The van der Waals surface area contributed by atoms with Crippen molar-refractivity contribution in [3.63, 3.8) is 0 Å². The quantitative estimate of drug-likeness (QED) is 0.737. The third-order valence-corrected chi connectivity index (χ3v) is 4.56. The highest BCUT2D eigenvalue weighted by Crippen LogP contribution is 2.31. The van der Waals surface area contributed by atoms with Crippen molar-refractivity contribution in [3.05, 3.63) is 87.1 Å². The summed E-state index contributed by atoms with van der Waals surface area (Å²) in [5.41, 5.74) is 5.18. The third kappa shape index (κ3) is 2.66. The number of halogens is 1. The van der Waals surface area contributed by atoms with Gasteiger partial charge in [0.15, 0.2) is 0 Å². The molecule has 20 heavy (non-hydrogen) atoms. The van der Waals surface area contributed by atoms with E-state index in [1.807, 2.05) is 0 Å². The minimum absolute atomic E-state index is 0.260. The molecule has 0 saturated heterocycles. The molecule has 0 bridgehead atoms. The van der Waals surface area contributed by atoms with E-state index in [0.29, 0.717) is 0 Å². The molecule has 1 aliphatic rings. The maximum Gasteiger partial charge on any atom is 0.0708 e. The monoisotopic (exact) mass is 373 g/mol. The van der Waals surface area contributed by atoms with Gasteiger partial charge >= 0.3 is 0 Å². The number of dihydropyridines is 1. The summed E-state index contributed by atoms with van der Waals surface area (Å²) < 4.78 is 1.29. The largest absolute Gasteiger partial charge is 0.380 e. The molecule has 1 unspecified atom stereocenters. The lowest BCUT2D eigenvalue weighted by atomic mass is 9.93. The van der Waals surface area contributed by atoms with Crippen molar-refractivity contribution in [2.75, 3.05) is 0 Å². The molecule has 2 aromatic rings. The minimum atomic E-state index is 0.260. The van der Waals surface area contributed by atoms with E-state index in [-0.39, 0.29) is 6.04 Å². The van der Waals surface area contributed by atoms with E-state index in [2.05, 4.69) is 102 Å². The van der Waals surface area contributed by atoms with Crippen LogP contribution in [0.25, 0.3) is 5.57 Å². The van der Waals surface area contributed by atoms with Crippen LogP contribution in [0.15, 0.2) is 72.4 Å². The van der Waals surface area contributed by atoms with E-state index < -0.39 is 0 Å². The van der Waals surface area contributed by atoms with E-state index in [1.165, 1.54) is 25.8 Å². The highest BCUT2D eigenvalue weighted by Gasteiger charge is 2.16. The minimum Gasteiger partial charge on any atom is -0.380 e. The number of benzene rings is 2. The van der Waals surface area contributed by atoms with Gasteiger partial charge in [0.25, 0.3) is 0 Å². The predicted molar refractivity (Wildman–Crippen MR) is 93.2 cm³/mol. The molecule has 2 heteroatoms. The first-order valence-corrected chi connectivity index (χ1v) is 7.78. The highest BCUT2D eigenvalue weighted by molar-refractivity contribution is 14.1. The Kier molecular flexibility index (Phi) is 3.92. The van der Waals surface area contributed by atoms with Crippen LogP contribution >= 0.6 is 22.6 Å². The van der Waals surface area contributed by atoms with Gasteiger partial charge in [-0.25, -0.2) is 0 Å². The average Bonchev–Trinajstić information content (AvgIpc) is 2.48. The van der Waals surface area contributed by atoms with E-state index in [9.17, 15) is 0 Å². The van der Waals surface area contributed by atoms with Crippen molar-refractivity contribution in [1.29, 1.82) is 0 Å². The molecule has 0 spiro atoms. The van der Waals surface area contributed by atoms with E-state index in [4.69, 9.17) is 0 Å². The van der Waals surface area contributed by atoms with Gasteiger partial charge in [0.2, 0.25) is 0 Å². The van der Waals surface area contributed by atoms with Crippen LogP contribution in [0.2, 0.25) is 0 Å². The van der Waals surface area contributed by atoms with Gasteiger partial charge < -0.3 is 5.32 Å². The lowest BCUT2D eigenvalue weighted by molar-refractivity contribution is 0.739. The Bertz CT molecular complexity index is 671. The molecule has 0 aliphatic carbocycles. The van der Waals surface area contributed by atoms with Crippen molar-refractivity contribution in [1.82, 2.24) is 5.32 Å². The molecule has 3 rings (SSSR count). The second-order valence-corrected chi connectivity index (χ2v) is 6.10. The van der Waals surface area contributed by atoms with Crippen LogP contribution in [-0.2, 0) is 0 Å². The topological polar surface area (TPSA) is 12.0 Å². The highest BCUT2D eigenvalue weighted by atomic mass is 127. The van der Waals surface area contributed by atoms with Gasteiger partial charge in [0, 0.05) is 15.3 Å². The fourth-order valence-electron chi connectivity index (χ4n) is 2.51. The molecule has 100 valence electrons. The van der Waals surface area contributed by atoms with Crippen molar-refractivity contribution >= 4 is 28.2 Å². The van der Waals surface area contributed by atoms with E-state index >= 15 is 0 Å². The maximum absolute atomic E-state index is 3.51.